The summed E-state index contributed by atoms with van der Waals surface area (Å²) < 4.78 is 12.5. The van der Waals surface area contributed by atoms with Crippen molar-refractivity contribution >= 4 is 39.4 Å². The van der Waals surface area contributed by atoms with Crippen LogP contribution >= 0.6 is 0 Å². The molecule has 7 heteroatoms. The van der Waals surface area contributed by atoms with E-state index in [1.165, 1.54) is 0 Å². The zero-order chi connectivity index (χ0) is 21.3. The highest BCUT2D eigenvalue weighted by Crippen LogP contribution is 2.31. The van der Waals surface area contributed by atoms with Crippen LogP contribution in [-0.2, 0) is 22.5 Å². The highest BCUT2D eigenvalue weighted by molar-refractivity contribution is 6.10. The van der Waals surface area contributed by atoms with Gasteiger partial charge in [-0.05, 0) is 44.5 Å². The Hall–Kier alpha value is -3.61. The Kier molecular flexibility index (Phi) is 5.27. The molecule has 2 aromatic carbocycles. The summed E-state index contributed by atoms with van der Waals surface area (Å²) in [5.41, 5.74) is 3.73. The number of fused-ring (bicyclic) bond motifs is 3. The van der Waals surface area contributed by atoms with Crippen LogP contribution in [0.25, 0.3) is 21.8 Å². The predicted molar refractivity (Wildman–Crippen MR) is 115 cm³/mol. The van der Waals surface area contributed by atoms with Crippen molar-refractivity contribution in [3.8, 4) is 0 Å². The molecule has 0 aliphatic carbocycles. The zero-order valence-corrected chi connectivity index (χ0v) is 17.2. The van der Waals surface area contributed by atoms with Gasteiger partial charge in [-0.3, -0.25) is 4.79 Å². The Morgan fingerprint density at radius 2 is 1.87 bits per heavy atom. The van der Waals surface area contributed by atoms with Crippen LogP contribution in [0.1, 0.15) is 35.7 Å². The van der Waals surface area contributed by atoms with Crippen molar-refractivity contribution in [3.63, 3.8) is 0 Å². The summed E-state index contributed by atoms with van der Waals surface area (Å²) in [5, 5.41) is 8.84. The van der Waals surface area contributed by atoms with Crippen molar-refractivity contribution < 1.29 is 18.8 Å². The normalized spacial score (nSPS) is 11.2. The van der Waals surface area contributed by atoms with E-state index in [4.69, 9.17) is 9.26 Å². The second-order valence-corrected chi connectivity index (χ2v) is 7.03. The topological polar surface area (TPSA) is 86.4 Å². The first kappa shape index (κ1) is 19.7. The third kappa shape index (κ3) is 3.43. The number of rotatable bonds is 6. The van der Waals surface area contributed by atoms with Crippen molar-refractivity contribution in [1.82, 2.24) is 9.72 Å². The highest BCUT2D eigenvalue weighted by Gasteiger charge is 2.21. The Bertz CT molecular complexity index is 1250. The molecule has 0 unspecified atom stereocenters. The first-order valence-corrected chi connectivity index (χ1v) is 9.96. The Labute approximate surface area is 173 Å². The lowest BCUT2D eigenvalue weighted by Crippen LogP contribution is -2.21. The molecule has 0 spiro atoms. The molecule has 1 amide bonds. The van der Waals surface area contributed by atoms with Gasteiger partial charge in [0.15, 0.2) is 6.61 Å². The number of nitrogens with zero attached hydrogens (tertiary/aromatic N) is 2. The number of aromatic nitrogens is 2. The molecule has 30 heavy (non-hydrogen) atoms. The van der Waals surface area contributed by atoms with Gasteiger partial charge in [0.1, 0.15) is 11.3 Å². The van der Waals surface area contributed by atoms with Gasteiger partial charge in [-0.25, -0.2) is 4.79 Å². The number of esters is 1. The summed E-state index contributed by atoms with van der Waals surface area (Å²) in [6.07, 6.45) is 0.541. The van der Waals surface area contributed by atoms with Crippen molar-refractivity contribution in [2.45, 2.75) is 33.7 Å². The molecule has 2 heterocycles. The van der Waals surface area contributed by atoms with Crippen molar-refractivity contribution in [2.75, 3.05) is 11.9 Å². The number of benzene rings is 2. The molecule has 2 aromatic heterocycles. The molecule has 7 nitrogen and oxygen atoms in total. The first-order chi connectivity index (χ1) is 14.5. The molecule has 4 aromatic rings. The van der Waals surface area contributed by atoms with Crippen LogP contribution in [0.2, 0.25) is 0 Å². The standard InChI is InChI=1S/C23H23N3O4/c1-4-18-22(14(3)30-25-18)23(28)29-13-21(27)24-15-10-11-20-17(12-15)16-8-6-7-9-19(16)26(20)5-2/h6-12H,4-5,13H2,1-3H3,(H,24,27). The summed E-state index contributed by atoms with van der Waals surface area (Å²) in [6.45, 7) is 6.09. The minimum atomic E-state index is -0.609. The van der Waals surface area contributed by atoms with Gasteiger partial charge in [0.2, 0.25) is 0 Å². The summed E-state index contributed by atoms with van der Waals surface area (Å²) in [7, 11) is 0. The molecule has 0 atom stereocenters. The lowest BCUT2D eigenvalue weighted by molar-refractivity contribution is -0.119. The summed E-state index contributed by atoms with van der Waals surface area (Å²) >= 11 is 0. The average Bonchev–Trinajstić information content (AvgIpc) is 3.29. The van der Waals surface area contributed by atoms with E-state index in [1.807, 2.05) is 37.3 Å². The minimum Gasteiger partial charge on any atom is -0.452 e. The molecule has 0 saturated heterocycles. The molecule has 0 bridgehead atoms. The summed E-state index contributed by atoms with van der Waals surface area (Å²) in [6, 6.07) is 14.0. The smallest absolute Gasteiger partial charge is 0.344 e. The molecular formula is C23H23N3O4. The van der Waals surface area contributed by atoms with E-state index in [0.717, 1.165) is 28.4 Å². The lowest BCUT2D eigenvalue weighted by Gasteiger charge is -2.08. The van der Waals surface area contributed by atoms with E-state index in [0.29, 0.717) is 29.1 Å². The number of carbonyl (C=O) groups is 2. The number of hydrogen-bond acceptors (Lipinski definition) is 5. The van der Waals surface area contributed by atoms with Gasteiger partial charge < -0.3 is 19.1 Å². The number of nitrogens with one attached hydrogen (secondary N) is 1. The highest BCUT2D eigenvalue weighted by atomic mass is 16.5. The maximum atomic E-state index is 12.4. The second kappa shape index (κ2) is 8.02. The third-order valence-electron chi connectivity index (χ3n) is 5.18. The number of ether oxygens (including phenoxy) is 1. The average molecular weight is 405 g/mol. The monoisotopic (exact) mass is 405 g/mol. The largest absolute Gasteiger partial charge is 0.452 e. The van der Waals surface area contributed by atoms with Crippen LogP contribution in [0.5, 0.6) is 0 Å². The Morgan fingerprint density at radius 3 is 2.63 bits per heavy atom. The summed E-state index contributed by atoms with van der Waals surface area (Å²) in [4.78, 5) is 24.7. The minimum absolute atomic E-state index is 0.291. The molecule has 0 fully saturated rings. The van der Waals surface area contributed by atoms with Crippen LogP contribution < -0.4 is 5.32 Å². The number of anilines is 1. The molecule has 0 aliphatic heterocycles. The number of hydrogen-bond donors (Lipinski definition) is 1. The van der Waals surface area contributed by atoms with Gasteiger partial charge in [0, 0.05) is 34.0 Å². The first-order valence-electron chi connectivity index (χ1n) is 9.96. The molecule has 1 N–H and O–H groups in total. The van der Waals surface area contributed by atoms with E-state index in [9.17, 15) is 9.59 Å². The quantitative estimate of drug-likeness (QED) is 0.478. The lowest BCUT2D eigenvalue weighted by atomic mass is 10.1. The van der Waals surface area contributed by atoms with E-state index in [-0.39, 0.29) is 6.61 Å². The van der Waals surface area contributed by atoms with Gasteiger partial charge >= 0.3 is 5.97 Å². The Morgan fingerprint density at radius 1 is 1.10 bits per heavy atom. The van der Waals surface area contributed by atoms with Crippen LogP contribution in [0, 0.1) is 6.92 Å². The third-order valence-corrected chi connectivity index (χ3v) is 5.18. The fourth-order valence-electron chi connectivity index (χ4n) is 3.79. The number of carbonyl (C=O) groups excluding carboxylic acids is 2. The van der Waals surface area contributed by atoms with Crippen LogP contribution in [0.4, 0.5) is 5.69 Å². The molecule has 0 saturated carbocycles. The Balaban J connectivity index is 1.50. The van der Waals surface area contributed by atoms with E-state index in [1.54, 1.807) is 6.92 Å². The van der Waals surface area contributed by atoms with Gasteiger partial charge in [-0.2, -0.15) is 0 Å². The van der Waals surface area contributed by atoms with E-state index in [2.05, 4.69) is 34.1 Å². The fraction of sp³-hybridized carbons (Fsp3) is 0.261. The predicted octanol–water partition coefficient (Wildman–Crippen LogP) is 4.47. The number of para-hydroxylation sites is 1. The molecule has 4 rings (SSSR count). The van der Waals surface area contributed by atoms with Crippen LogP contribution in [-0.4, -0.2) is 28.2 Å². The van der Waals surface area contributed by atoms with Crippen LogP contribution in [0.15, 0.2) is 47.0 Å². The summed E-state index contributed by atoms with van der Waals surface area (Å²) in [5.74, 6) is -0.633. The van der Waals surface area contributed by atoms with Gasteiger partial charge in [0.25, 0.3) is 5.91 Å². The van der Waals surface area contributed by atoms with E-state index >= 15 is 0 Å². The maximum Gasteiger partial charge on any atom is 0.344 e. The molecule has 0 aliphatic rings. The van der Waals surface area contributed by atoms with Crippen molar-refractivity contribution in [2.24, 2.45) is 0 Å². The number of aryl methyl sites for hydroxylation is 3. The second-order valence-electron chi connectivity index (χ2n) is 7.03. The van der Waals surface area contributed by atoms with Gasteiger partial charge in [-0.1, -0.05) is 30.3 Å². The molecular weight excluding hydrogens is 382 g/mol. The zero-order valence-electron chi connectivity index (χ0n) is 17.2. The SMILES string of the molecule is CCc1noc(C)c1C(=O)OCC(=O)Nc1ccc2c(c1)c1ccccc1n2CC. The molecule has 154 valence electrons. The molecule has 0 radical (unpaired) electrons. The van der Waals surface area contributed by atoms with E-state index < -0.39 is 11.9 Å². The van der Waals surface area contributed by atoms with Crippen molar-refractivity contribution in [3.05, 3.63) is 59.5 Å². The number of amides is 1. The van der Waals surface area contributed by atoms with Gasteiger partial charge in [-0.15, -0.1) is 0 Å². The van der Waals surface area contributed by atoms with Gasteiger partial charge in [0.05, 0.1) is 5.69 Å². The van der Waals surface area contributed by atoms with Crippen LogP contribution in [0.3, 0.4) is 0 Å². The maximum absolute atomic E-state index is 12.4. The van der Waals surface area contributed by atoms with Crippen molar-refractivity contribution in [1.29, 1.82) is 0 Å². The fourth-order valence-corrected chi connectivity index (χ4v) is 3.79.